The molecule has 7 heteroatoms. The Balaban J connectivity index is 1.80. The first-order valence-electron chi connectivity index (χ1n) is 7.73. The highest BCUT2D eigenvalue weighted by molar-refractivity contribution is 6.24. The van der Waals surface area contributed by atoms with Gasteiger partial charge in [0.05, 0.1) is 31.0 Å². The van der Waals surface area contributed by atoms with Gasteiger partial charge in [0.2, 0.25) is 5.91 Å². The van der Waals surface area contributed by atoms with Gasteiger partial charge in [0, 0.05) is 17.7 Å². The summed E-state index contributed by atoms with van der Waals surface area (Å²) < 4.78 is 10.4. The molecule has 0 unspecified atom stereocenters. The standard InChI is InChI=1S/C19H16N2O5/c1-25-12-8-6-11(15(10-12)26-2)7-9-16(22)20-14-5-3-4-13-17(14)19(24)21-18(13)23/h3-10H,1-2H3,(H,20,22)(H,21,23,24). The number of ether oxygens (including phenoxy) is 2. The average Bonchev–Trinajstić information content (AvgIpc) is 2.94. The second kappa shape index (κ2) is 7.10. The van der Waals surface area contributed by atoms with Crippen LogP contribution in [0.3, 0.4) is 0 Å². The predicted octanol–water partition coefficient (Wildman–Crippen LogP) is 2.24. The minimum absolute atomic E-state index is 0.168. The smallest absolute Gasteiger partial charge is 0.261 e. The summed E-state index contributed by atoms with van der Waals surface area (Å²) in [4.78, 5) is 35.8. The first kappa shape index (κ1) is 17.2. The molecule has 0 aliphatic carbocycles. The Morgan fingerprint density at radius 3 is 2.62 bits per heavy atom. The van der Waals surface area contributed by atoms with E-state index in [-0.39, 0.29) is 16.8 Å². The molecule has 0 saturated carbocycles. The molecular weight excluding hydrogens is 336 g/mol. The van der Waals surface area contributed by atoms with Gasteiger partial charge >= 0.3 is 0 Å². The van der Waals surface area contributed by atoms with Gasteiger partial charge in [0.15, 0.2) is 0 Å². The van der Waals surface area contributed by atoms with E-state index < -0.39 is 17.7 Å². The van der Waals surface area contributed by atoms with Gasteiger partial charge in [-0.2, -0.15) is 0 Å². The van der Waals surface area contributed by atoms with E-state index in [9.17, 15) is 14.4 Å². The molecular formula is C19H16N2O5. The molecule has 0 atom stereocenters. The minimum atomic E-state index is -0.526. The molecule has 132 valence electrons. The minimum Gasteiger partial charge on any atom is -0.497 e. The molecule has 7 nitrogen and oxygen atoms in total. The van der Waals surface area contributed by atoms with Crippen LogP contribution in [0.2, 0.25) is 0 Å². The molecule has 1 heterocycles. The van der Waals surface area contributed by atoms with Crippen molar-refractivity contribution in [1.82, 2.24) is 5.32 Å². The van der Waals surface area contributed by atoms with Crippen LogP contribution in [-0.2, 0) is 4.79 Å². The van der Waals surface area contributed by atoms with E-state index in [2.05, 4.69) is 10.6 Å². The maximum Gasteiger partial charge on any atom is 0.261 e. The number of carbonyl (C=O) groups is 3. The van der Waals surface area contributed by atoms with Crippen LogP contribution in [0.4, 0.5) is 5.69 Å². The van der Waals surface area contributed by atoms with E-state index in [4.69, 9.17) is 9.47 Å². The fourth-order valence-electron chi connectivity index (χ4n) is 2.62. The highest BCUT2D eigenvalue weighted by Gasteiger charge is 2.29. The zero-order valence-electron chi connectivity index (χ0n) is 14.2. The zero-order valence-corrected chi connectivity index (χ0v) is 14.2. The van der Waals surface area contributed by atoms with Crippen molar-refractivity contribution in [2.75, 3.05) is 19.5 Å². The second-order valence-electron chi connectivity index (χ2n) is 5.44. The van der Waals surface area contributed by atoms with Crippen molar-refractivity contribution in [3.63, 3.8) is 0 Å². The molecule has 2 aromatic rings. The van der Waals surface area contributed by atoms with Gasteiger partial charge in [-0.1, -0.05) is 6.07 Å². The summed E-state index contributed by atoms with van der Waals surface area (Å²) in [6.07, 6.45) is 2.90. The fraction of sp³-hybridized carbons (Fsp3) is 0.105. The van der Waals surface area contributed by atoms with Gasteiger partial charge in [-0.3, -0.25) is 19.7 Å². The molecule has 3 rings (SSSR count). The Morgan fingerprint density at radius 2 is 1.88 bits per heavy atom. The number of benzene rings is 2. The third kappa shape index (κ3) is 3.27. The number of hydrogen-bond acceptors (Lipinski definition) is 5. The summed E-state index contributed by atoms with van der Waals surface area (Å²) in [6.45, 7) is 0. The summed E-state index contributed by atoms with van der Waals surface area (Å²) in [6, 6.07) is 9.91. The van der Waals surface area contributed by atoms with Crippen molar-refractivity contribution < 1.29 is 23.9 Å². The molecule has 1 aliphatic rings. The van der Waals surface area contributed by atoms with Crippen molar-refractivity contribution in [2.45, 2.75) is 0 Å². The van der Waals surface area contributed by atoms with Crippen molar-refractivity contribution in [3.8, 4) is 11.5 Å². The van der Waals surface area contributed by atoms with Gasteiger partial charge < -0.3 is 14.8 Å². The highest BCUT2D eigenvalue weighted by Crippen LogP contribution is 2.26. The van der Waals surface area contributed by atoms with Crippen molar-refractivity contribution in [3.05, 3.63) is 59.2 Å². The zero-order chi connectivity index (χ0) is 18.7. The van der Waals surface area contributed by atoms with Crippen LogP contribution in [-0.4, -0.2) is 31.9 Å². The number of imide groups is 1. The van der Waals surface area contributed by atoms with Gasteiger partial charge in [-0.25, -0.2) is 0 Å². The van der Waals surface area contributed by atoms with Crippen LogP contribution in [0.1, 0.15) is 26.3 Å². The summed E-state index contributed by atoms with van der Waals surface area (Å²) in [7, 11) is 3.08. The average molecular weight is 352 g/mol. The van der Waals surface area contributed by atoms with E-state index in [0.717, 1.165) is 0 Å². The summed E-state index contributed by atoms with van der Waals surface area (Å²) in [5.41, 5.74) is 1.38. The van der Waals surface area contributed by atoms with Gasteiger partial charge in [0.1, 0.15) is 11.5 Å². The molecule has 26 heavy (non-hydrogen) atoms. The third-order valence-electron chi connectivity index (χ3n) is 3.88. The Hall–Kier alpha value is -3.61. The molecule has 0 bridgehead atoms. The molecule has 3 amide bonds. The lowest BCUT2D eigenvalue weighted by molar-refractivity contribution is -0.111. The van der Waals surface area contributed by atoms with Crippen LogP contribution in [0.15, 0.2) is 42.5 Å². The lowest BCUT2D eigenvalue weighted by Crippen LogP contribution is -2.20. The van der Waals surface area contributed by atoms with Crippen LogP contribution in [0.5, 0.6) is 11.5 Å². The van der Waals surface area contributed by atoms with Crippen LogP contribution in [0.25, 0.3) is 6.08 Å². The van der Waals surface area contributed by atoms with Crippen molar-refractivity contribution in [1.29, 1.82) is 0 Å². The number of nitrogens with one attached hydrogen (secondary N) is 2. The maximum atomic E-state index is 12.2. The normalized spacial score (nSPS) is 12.7. The first-order chi connectivity index (χ1) is 12.5. The fourth-order valence-corrected chi connectivity index (χ4v) is 2.62. The molecule has 0 fully saturated rings. The number of hydrogen-bond donors (Lipinski definition) is 2. The molecule has 2 aromatic carbocycles. The largest absolute Gasteiger partial charge is 0.497 e. The number of rotatable bonds is 5. The SMILES string of the molecule is COc1ccc(C=CC(=O)Nc2cccc3c2C(=O)NC3=O)c(OC)c1. The third-order valence-corrected chi connectivity index (χ3v) is 3.88. The van der Waals surface area contributed by atoms with E-state index in [1.165, 1.54) is 19.3 Å². The molecule has 2 N–H and O–H groups in total. The lowest BCUT2D eigenvalue weighted by atomic mass is 10.1. The number of amides is 3. The molecule has 0 radical (unpaired) electrons. The van der Waals surface area contributed by atoms with Gasteiger partial charge in [-0.05, 0) is 30.3 Å². The van der Waals surface area contributed by atoms with Crippen LogP contribution >= 0.6 is 0 Å². The first-order valence-corrected chi connectivity index (χ1v) is 7.73. The lowest BCUT2D eigenvalue weighted by Gasteiger charge is -2.08. The Bertz CT molecular complexity index is 934. The summed E-state index contributed by atoms with van der Waals surface area (Å²) in [5, 5.41) is 4.82. The quantitative estimate of drug-likeness (QED) is 0.636. The Morgan fingerprint density at radius 1 is 1.08 bits per heavy atom. The monoisotopic (exact) mass is 352 g/mol. The van der Waals surface area contributed by atoms with E-state index in [1.54, 1.807) is 43.5 Å². The molecule has 0 aromatic heterocycles. The van der Waals surface area contributed by atoms with Gasteiger partial charge in [-0.15, -0.1) is 0 Å². The second-order valence-corrected chi connectivity index (χ2v) is 5.44. The molecule has 0 spiro atoms. The van der Waals surface area contributed by atoms with E-state index in [1.807, 2.05) is 0 Å². The van der Waals surface area contributed by atoms with E-state index in [0.29, 0.717) is 17.1 Å². The topological polar surface area (TPSA) is 93.7 Å². The number of carbonyl (C=O) groups excluding carboxylic acids is 3. The summed E-state index contributed by atoms with van der Waals surface area (Å²) in [5.74, 6) is -0.248. The van der Waals surface area contributed by atoms with Crippen LogP contribution in [0, 0.1) is 0 Å². The number of fused-ring (bicyclic) bond motifs is 1. The number of methoxy groups -OCH3 is 2. The predicted molar refractivity (Wildman–Crippen MR) is 95.4 cm³/mol. The summed E-state index contributed by atoms with van der Waals surface area (Å²) >= 11 is 0. The molecule has 1 aliphatic heterocycles. The van der Waals surface area contributed by atoms with Crippen LogP contribution < -0.4 is 20.1 Å². The maximum absolute atomic E-state index is 12.2. The van der Waals surface area contributed by atoms with Crippen molar-refractivity contribution >= 4 is 29.5 Å². The Labute approximate surface area is 149 Å². The van der Waals surface area contributed by atoms with E-state index >= 15 is 0 Å². The molecule has 0 saturated heterocycles. The highest BCUT2D eigenvalue weighted by atomic mass is 16.5. The van der Waals surface area contributed by atoms with Crippen molar-refractivity contribution in [2.24, 2.45) is 0 Å². The van der Waals surface area contributed by atoms with Gasteiger partial charge in [0.25, 0.3) is 11.8 Å². The number of anilines is 1. The Kier molecular flexibility index (Phi) is 4.70.